The summed E-state index contributed by atoms with van der Waals surface area (Å²) in [6, 6.07) is -2.09. The quantitative estimate of drug-likeness (QED) is 0.850. The summed E-state index contributed by atoms with van der Waals surface area (Å²) < 4.78 is 39.5. The molecule has 0 aliphatic rings. The smallest absolute Gasteiger partial charge is 0.339 e. The third kappa shape index (κ3) is 3.62. The number of nitrogens with zero attached hydrogens (tertiary/aromatic N) is 2. The van der Waals surface area contributed by atoms with Crippen LogP contribution < -0.4 is 5.32 Å². The van der Waals surface area contributed by atoms with E-state index < -0.39 is 23.5 Å². The van der Waals surface area contributed by atoms with Crippen molar-refractivity contribution in [3.8, 4) is 0 Å². The van der Waals surface area contributed by atoms with E-state index in [4.69, 9.17) is 11.6 Å². The monoisotopic (exact) mass is 269 g/mol. The van der Waals surface area contributed by atoms with Gasteiger partial charge >= 0.3 is 6.18 Å². The SMILES string of the molecule is CC(Cl)C(=O)NC(c1cnn(C)c1)C(F)(F)F. The first kappa shape index (κ1) is 13.8. The Labute approximate surface area is 101 Å². The zero-order chi connectivity index (χ0) is 13.2. The first-order chi connectivity index (χ1) is 7.71. The second-order valence-corrected chi connectivity index (χ2v) is 4.20. The van der Waals surface area contributed by atoms with Gasteiger partial charge in [-0.05, 0) is 6.92 Å². The maximum atomic E-state index is 12.7. The molecule has 0 spiro atoms. The van der Waals surface area contributed by atoms with Crippen LogP contribution in [0.15, 0.2) is 12.4 Å². The van der Waals surface area contributed by atoms with E-state index in [9.17, 15) is 18.0 Å². The van der Waals surface area contributed by atoms with Gasteiger partial charge in [0.25, 0.3) is 0 Å². The number of aryl methyl sites for hydroxylation is 1. The van der Waals surface area contributed by atoms with E-state index in [1.807, 2.05) is 5.32 Å². The lowest BCUT2D eigenvalue weighted by Crippen LogP contribution is -2.40. The van der Waals surface area contributed by atoms with Gasteiger partial charge in [-0.3, -0.25) is 9.48 Å². The summed E-state index contributed by atoms with van der Waals surface area (Å²) in [5.41, 5.74) is -0.134. The van der Waals surface area contributed by atoms with Gasteiger partial charge in [0.15, 0.2) is 6.04 Å². The molecule has 4 nitrogen and oxygen atoms in total. The Morgan fingerprint density at radius 1 is 1.59 bits per heavy atom. The van der Waals surface area contributed by atoms with Crippen molar-refractivity contribution in [1.82, 2.24) is 15.1 Å². The van der Waals surface area contributed by atoms with Crippen molar-refractivity contribution in [3.05, 3.63) is 18.0 Å². The number of amides is 1. The van der Waals surface area contributed by atoms with Crippen molar-refractivity contribution >= 4 is 17.5 Å². The second-order valence-electron chi connectivity index (χ2n) is 3.55. The Balaban J connectivity index is 2.94. The Bertz CT molecular complexity index is 402. The summed E-state index contributed by atoms with van der Waals surface area (Å²) in [5, 5.41) is 4.44. The Morgan fingerprint density at radius 2 is 2.18 bits per heavy atom. The van der Waals surface area contributed by atoms with E-state index in [-0.39, 0.29) is 5.56 Å². The van der Waals surface area contributed by atoms with Crippen LogP contribution in [0.4, 0.5) is 13.2 Å². The van der Waals surface area contributed by atoms with Crippen molar-refractivity contribution in [1.29, 1.82) is 0 Å². The normalized spacial score (nSPS) is 15.4. The highest BCUT2D eigenvalue weighted by Gasteiger charge is 2.42. The maximum Gasteiger partial charge on any atom is 0.412 e. The fourth-order valence-corrected chi connectivity index (χ4v) is 1.26. The van der Waals surface area contributed by atoms with Crippen molar-refractivity contribution < 1.29 is 18.0 Å². The van der Waals surface area contributed by atoms with Gasteiger partial charge in [-0.15, -0.1) is 11.6 Å². The molecule has 1 heterocycles. The molecule has 96 valence electrons. The highest BCUT2D eigenvalue weighted by molar-refractivity contribution is 6.30. The molecule has 0 radical (unpaired) electrons. The molecule has 0 fully saturated rings. The Hall–Kier alpha value is -1.24. The van der Waals surface area contributed by atoms with Crippen LogP contribution >= 0.6 is 11.6 Å². The number of nitrogens with one attached hydrogen (secondary N) is 1. The second kappa shape index (κ2) is 4.95. The minimum absolute atomic E-state index is 0.134. The third-order valence-electron chi connectivity index (χ3n) is 2.03. The standard InChI is InChI=1S/C9H11ClF3N3O/c1-5(10)8(17)15-7(9(11,12)13)6-3-14-16(2)4-6/h3-5,7H,1-2H3,(H,15,17). The Kier molecular flexibility index (Phi) is 4.03. The van der Waals surface area contributed by atoms with Crippen molar-refractivity contribution in [3.63, 3.8) is 0 Å². The van der Waals surface area contributed by atoms with Crippen molar-refractivity contribution in [2.24, 2.45) is 7.05 Å². The van der Waals surface area contributed by atoms with Gasteiger partial charge in [0.05, 0.1) is 6.20 Å². The van der Waals surface area contributed by atoms with E-state index in [2.05, 4.69) is 5.10 Å². The average Bonchev–Trinajstić information content (AvgIpc) is 2.58. The molecule has 0 aromatic carbocycles. The molecule has 2 unspecified atom stereocenters. The first-order valence-corrected chi connectivity index (χ1v) is 5.15. The first-order valence-electron chi connectivity index (χ1n) is 4.71. The molecule has 0 saturated carbocycles. The van der Waals surface area contributed by atoms with Gasteiger partial charge in [0.2, 0.25) is 5.91 Å². The summed E-state index contributed by atoms with van der Waals surface area (Å²) in [7, 11) is 1.49. The minimum atomic E-state index is -4.59. The lowest BCUT2D eigenvalue weighted by Gasteiger charge is -2.21. The molecular formula is C9H11ClF3N3O. The van der Waals surface area contributed by atoms with Crippen LogP contribution in [0, 0.1) is 0 Å². The highest BCUT2D eigenvalue weighted by Crippen LogP contribution is 2.32. The molecule has 8 heteroatoms. The van der Waals surface area contributed by atoms with Gasteiger partial charge in [-0.1, -0.05) is 0 Å². The van der Waals surface area contributed by atoms with E-state index in [0.717, 1.165) is 6.20 Å². The van der Waals surface area contributed by atoms with Crippen LogP contribution in [0.1, 0.15) is 18.5 Å². The van der Waals surface area contributed by atoms with E-state index in [0.29, 0.717) is 0 Å². The Morgan fingerprint density at radius 3 is 2.53 bits per heavy atom. The topological polar surface area (TPSA) is 46.9 Å². The summed E-state index contributed by atoms with van der Waals surface area (Å²) in [6.45, 7) is 1.30. The van der Waals surface area contributed by atoms with E-state index in [1.165, 1.54) is 24.9 Å². The van der Waals surface area contributed by atoms with Crippen molar-refractivity contribution in [2.45, 2.75) is 24.5 Å². The van der Waals surface area contributed by atoms with Crippen LogP contribution in [0.2, 0.25) is 0 Å². The van der Waals surface area contributed by atoms with Crippen LogP contribution in [0.3, 0.4) is 0 Å². The maximum absolute atomic E-state index is 12.7. The summed E-state index contributed by atoms with van der Waals surface area (Å²) in [6.07, 6.45) is -2.35. The lowest BCUT2D eigenvalue weighted by molar-refractivity contribution is -0.163. The number of halogens is 4. The average molecular weight is 270 g/mol. The number of alkyl halides is 4. The summed E-state index contributed by atoms with van der Waals surface area (Å²) in [4.78, 5) is 11.2. The summed E-state index contributed by atoms with van der Waals surface area (Å²) in [5.74, 6) is -0.877. The molecule has 2 atom stereocenters. The third-order valence-corrected chi connectivity index (χ3v) is 2.23. The zero-order valence-electron chi connectivity index (χ0n) is 9.12. The molecule has 1 aromatic heterocycles. The fraction of sp³-hybridized carbons (Fsp3) is 0.556. The molecule has 0 saturated heterocycles. The molecule has 1 amide bonds. The van der Waals surface area contributed by atoms with Gasteiger partial charge in [0.1, 0.15) is 5.38 Å². The molecule has 0 bridgehead atoms. The molecule has 17 heavy (non-hydrogen) atoms. The van der Waals surface area contributed by atoms with Gasteiger partial charge in [-0.25, -0.2) is 0 Å². The van der Waals surface area contributed by atoms with Gasteiger partial charge in [-0.2, -0.15) is 18.3 Å². The minimum Gasteiger partial charge on any atom is -0.339 e. The number of rotatable bonds is 3. The number of carbonyl (C=O) groups excluding carboxylic acids is 1. The molecular weight excluding hydrogens is 259 g/mol. The predicted molar refractivity (Wildman–Crippen MR) is 55.5 cm³/mol. The molecule has 0 aliphatic carbocycles. The molecule has 0 aliphatic heterocycles. The summed E-state index contributed by atoms with van der Waals surface area (Å²) >= 11 is 5.41. The number of hydrogen-bond donors (Lipinski definition) is 1. The van der Waals surface area contributed by atoms with E-state index in [1.54, 1.807) is 0 Å². The highest BCUT2D eigenvalue weighted by atomic mass is 35.5. The number of carbonyl (C=O) groups is 1. The molecule has 1 rings (SSSR count). The van der Waals surface area contributed by atoms with Gasteiger partial charge < -0.3 is 5.32 Å². The number of hydrogen-bond acceptors (Lipinski definition) is 2. The van der Waals surface area contributed by atoms with Gasteiger partial charge in [0, 0.05) is 18.8 Å². The predicted octanol–water partition coefficient (Wildman–Crippen LogP) is 1.77. The fourth-order valence-electron chi connectivity index (χ4n) is 1.20. The largest absolute Gasteiger partial charge is 0.412 e. The van der Waals surface area contributed by atoms with Crippen molar-refractivity contribution in [2.75, 3.05) is 0 Å². The van der Waals surface area contributed by atoms with Crippen LogP contribution in [-0.2, 0) is 11.8 Å². The zero-order valence-corrected chi connectivity index (χ0v) is 9.88. The number of aromatic nitrogens is 2. The lowest BCUT2D eigenvalue weighted by atomic mass is 10.1. The molecule has 1 N–H and O–H groups in total. The van der Waals surface area contributed by atoms with Crippen LogP contribution in [0.25, 0.3) is 0 Å². The van der Waals surface area contributed by atoms with E-state index >= 15 is 0 Å². The van der Waals surface area contributed by atoms with Crippen LogP contribution in [0.5, 0.6) is 0 Å². The molecule has 1 aromatic rings. The van der Waals surface area contributed by atoms with Crippen LogP contribution in [-0.4, -0.2) is 27.2 Å².